The second kappa shape index (κ2) is 11.7. The Labute approximate surface area is 284 Å². The van der Waals surface area contributed by atoms with E-state index in [4.69, 9.17) is 4.74 Å². The number of ether oxygens (including phenoxy) is 1. The van der Waals surface area contributed by atoms with Crippen LogP contribution in [0.2, 0.25) is 0 Å². The van der Waals surface area contributed by atoms with Crippen LogP contribution in [0.25, 0.3) is 5.57 Å². The molecule has 0 radical (unpaired) electrons. The summed E-state index contributed by atoms with van der Waals surface area (Å²) in [5, 5.41) is 15.6. The molecular formula is C41H62N2O4. The smallest absolute Gasteiger partial charge is 0.298 e. The molecule has 4 saturated carbocycles. The van der Waals surface area contributed by atoms with Crippen molar-refractivity contribution in [3.8, 4) is 5.75 Å². The lowest BCUT2D eigenvalue weighted by Crippen LogP contribution is -2.66. The maximum absolute atomic E-state index is 14.3. The first kappa shape index (κ1) is 34.7. The van der Waals surface area contributed by atoms with Crippen molar-refractivity contribution in [2.75, 3.05) is 27.2 Å². The summed E-state index contributed by atoms with van der Waals surface area (Å²) >= 11 is 0. The van der Waals surface area contributed by atoms with Gasteiger partial charge in [-0.15, -0.1) is 0 Å². The molecule has 4 fully saturated rings. The van der Waals surface area contributed by atoms with E-state index in [0.29, 0.717) is 60.8 Å². The van der Waals surface area contributed by atoms with E-state index in [9.17, 15) is 14.8 Å². The number of nitrogens with zero attached hydrogens (tertiary/aromatic N) is 1. The van der Waals surface area contributed by atoms with Crippen molar-refractivity contribution in [3.63, 3.8) is 0 Å². The summed E-state index contributed by atoms with van der Waals surface area (Å²) in [7, 11) is 3.32. The Morgan fingerprint density at radius 3 is 2.30 bits per heavy atom. The lowest BCUT2D eigenvalue weighted by molar-refractivity contribution is -0.838. The van der Waals surface area contributed by atoms with Crippen LogP contribution in [0, 0.1) is 67.8 Å². The number of carbonyl (C=O) groups is 2. The minimum Gasteiger partial charge on any atom is -0.633 e. The van der Waals surface area contributed by atoms with Gasteiger partial charge in [0.25, 0.3) is 6.47 Å². The zero-order valence-electron chi connectivity index (χ0n) is 30.8. The fourth-order valence-corrected chi connectivity index (χ4v) is 13.3. The highest BCUT2D eigenvalue weighted by Gasteiger charge is 2.71. The third-order valence-electron chi connectivity index (χ3n) is 15.7. The van der Waals surface area contributed by atoms with E-state index in [0.717, 1.165) is 32.1 Å². The molecule has 0 heterocycles. The van der Waals surface area contributed by atoms with Crippen molar-refractivity contribution in [1.82, 2.24) is 5.32 Å². The molecule has 47 heavy (non-hydrogen) atoms. The van der Waals surface area contributed by atoms with Crippen molar-refractivity contribution in [2.24, 2.45) is 62.6 Å². The van der Waals surface area contributed by atoms with E-state index in [-0.39, 0.29) is 37.6 Å². The van der Waals surface area contributed by atoms with Crippen molar-refractivity contribution in [3.05, 3.63) is 41.1 Å². The maximum atomic E-state index is 14.3. The number of fused-ring (bicyclic) bond motifs is 7. The zero-order chi connectivity index (χ0) is 34.2. The predicted octanol–water partition coefficient (Wildman–Crippen LogP) is 8.64. The maximum Gasteiger partial charge on any atom is 0.298 e. The first-order valence-electron chi connectivity index (χ1n) is 18.7. The monoisotopic (exact) mass is 646 g/mol. The molecule has 0 saturated heterocycles. The first-order chi connectivity index (χ1) is 21.9. The highest BCUT2D eigenvalue weighted by molar-refractivity contribution is 5.83. The summed E-state index contributed by atoms with van der Waals surface area (Å²) < 4.78 is 4.71. The van der Waals surface area contributed by atoms with Crippen LogP contribution < -0.4 is 10.1 Å². The second-order valence-electron chi connectivity index (χ2n) is 18.6. The molecule has 1 amide bonds. The fraction of sp³-hybridized carbons (Fsp3) is 0.756. The number of hydroxylamine groups is 3. The van der Waals surface area contributed by atoms with Gasteiger partial charge in [-0.05, 0) is 138 Å². The third-order valence-corrected chi connectivity index (χ3v) is 15.7. The SMILES string of the molecule is CC(C)[C@@H]1CC[C@]2(C(=O)NCC[N+](C)(C)[O-])CC[C@]3(C)[C@H](CC[C@@H]4[C@@]5(C)CC=C(c6ccc(OC=O)cc6)C(C)(C)[C@@H]5CC[C@]43C)[C@@H]12. The van der Waals surface area contributed by atoms with E-state index in [1.807, 2.05) is 12.1 Å². The molecule has 1 aromatic rings. The van der Waals surface area contributed by atoms with Gasteiger partial charge in [0.05, 0.1) is 32.6 Å². The van der Waals surface area contributed by atoms with Gasteiger partial charge in [-0.25, -0.2) is 0 Å². The van der Waals surface area contributed by atoms with Crippen LogP contribution in [-0.4, -0.2) is 44.2 Å². The molecule has 5 aliphatic rings. The number of nitrogens with one attached hydrogen (secondary N) is 1. The molecule has 1 aromatic carbocycles. The highest BCUT2D eigenvalue weighted by atomic mass is 16.5. The number of benzene rings is 1. The number of likely N-dealkylation sites (N-methyl/N-ethyl adjacent to an activating group) is 1. The van der Waals surface area contributed by atoms with Gasteiger partial charge < -0.3 is 19.9 Å². The molecule has 6 rings (SSSR count). The number of allylic oxidation sites excluding steroid dienone is 2. The Morgan fingerprint density at radius 2 is 1.66 bits per heavy atom. The lowest BCUT2D eigenvalue weighted by Gasteiger charge is -2.72. The number of rotatable bonds is 8. The predicted molar refractivity (Wildman–Crippen MR) is 189 cm³/mol. The van der Waals surface area contributed by atoms with Crippen molar-refractivity contribution >= 4 is 18.0 Å². The Kier molecular flexibility index (Phi) is 8.64. The Hall–Kier alpha value is -2.18. The van der Waals surface area contributed by atoms with Gasteiger partial charge in [0.15, 0.2) is 0 Å². The quantitative estimate of drug-likeness (QED) is 0.174. The summed E-state index contributed by atoms with van der Waals surface area (Å²) in [6.45, 7) is 19.0. The van der Waals surface area contributed by atoms with Gasteiger partial charge in [0.1, 0.15) is 5.75 Å². The fourth-order valence-electron chi connectivity index (χ4n) is 13.3. The molecule has 0 spiro atoms. The number of quaternary nitrogens is 1. The van der Waals surface area contributed by atoms with Crippen LogP contribution in [0.3, 0.4) is 0 Å². The van der Waals surface area contributed by atoms with Gasteiger partial charge in [-0.3, -0.25) is 9.59 Å². The van der Waals surface area contributed by atoms with Gasteiger partial charge in [0, 0.05) is 0 Å². The third kappa shape index (κ3) is 5.25. The number of amides is 1. The largest absolute Gasteiger partial charge is 0.633 e. The summed E-state index contributed by atoms with van der Waals surface area (Å²) in [5.41, 5.74) is 3.06. The summed E-state index contributed by atoms with van der Waals surface area (Å²) in [5.74, 6) is 4.17. The molecule has 0 aromatic heterocycles. The van der Waals surface area contributed by atoms with Gasteiger partial charge >= 0.3 is 0 Å². The van der Waals surface area contributed by atoms with E-state index in [1.165, 1.54) is 36.8 Å². The average Bonchev–Trinajstić information content (AvgIpc) is 3.39. The molecule has 6 heteroatoms. The Bertz CT molecular complexity index is 1390. The van der Waals surface area contributed by atoms with Crippen LogP contribution in [0.15, 0.2) is 30.3 Å². The van der Waals surface area contributed by atoms with Crippen molar-refractivity contribution in [1.29, 1.82) is 0 Å². The molecule has 1 N–H and O–H groups in total. The van der Waals surface area contributed by atoms with Crippen LogP contribution in [0.5, 0.6) is 5.75 Å². The Balaban J connectivity index is 1.31. The van der Waals surface area contributed by atoms with Gasteiger partial charge in [0.2, 0.25) is 5.91 Å². The van der Waals surface area contributed by atoms with E-state index < -0.39 is 0 Å². The standard InChI is InChI=1S/C41H62N2O4/c1-27(2)30-16-21-41(36(45)42-24-25-43(8,9)46)23-22-39(6)32(35(30)41)14-15-34-38(5)19-17-31(28-10-12-29(13-11-28)47-26-44)37(3,4)33(38)18-20-40(34,39)7/h10-13,17,26-27,30,32-35H,14-16,18-25H2,1-9H3,(H,42,45)/t30-,32+,33-,34+,35+,38-,39+,40+,41-/m0/s1. The summed E-state index contributed by atoms with van der Waals surface area (Å²) in [6.07, 6.45) is 12.9. The minimum atomic E-state index is -0.373. The molecule has 9 atom stereocenters. The van der Waals surface area contributed by atoms with Crippen LogP contribution in [0.1, 0.15) is 112 Å². The molecule has 0 unspecified atom stereocenters. The molecule has 5 aliphatic carbocycles. The summed E-state index contributed by atoms with van der Waals surface area (Å²) in [4.78, 5) is 25.1. The topological polar surface area (TPSA) is 78.5 Å². The number of hydrogen-bond donors (Lipinski definition) is 1. The van der Waals surface area contributed by atoms with E-state index >= 15 is 0 Å². The van der Waals surface area contributed by atoms with E-state index in [2.05, 4.69) is 72.0 Å². The van der Waals surface area contributed by atoms with Crippen LogP contribution in [-0.2, 0) is 9.59 Å². The normalized spacial score (nSPS) is 40.7. The molecule has 0 aliphatic heterocycles. The zero-order valence-corrected chi connectivity index (χ0v) is 30.8. The van der Waals surface area contributed by atoms with Crippen molar-refractivity contribution < 1.29 is 19.0 Å². The van der Waals surface area contributed by atoms with Gasteiger partial charge in [-0.1, -0.05) is 66.7 Å². The Morgan fingerprint density at radius 1 is 0.957 bits per heavy atom. The van der Waals surface area contributed by atoms with Crippen LogP contribution in [0.4, 0.5) is 0 Å². The summed E-state index contributed by atoms with van der Waals surface area (Å²) in [6, 6.07) is 8.06. The van der Waals surface area contributed by atoms with Gasteiger partial charge in [-0.2, -0.15) is 0 Å². The minimum absolute atomic E-state index is 0.0322. The molecular weight excluding hydrogens is 584 g/mol. The number of hydrogen-bond acceptors (Lipinski definition) is 4. The molecule has 260 valence electrons. The molecule has 6 nitrogen and oxygen atoms in total. The average molecular weight is 647 g/mol. The van der Waals surface area contributed by atoms with Crippen molar-refractivity contribution in [2.45, 2.75) is 106 Å². The number of carbonyl (C=O) groups excluding carboxylic acids is 2. The first-order valence-corrected chi connectivity index (χ1v) is 18.7. The highest BCUT2D eigenvalue weighted by Crippen LogP contribution is 2.77. The van der Waals surface area contributed by atoms with Crippen LogP contribution >= 0.6 is 0 Å². The molecule has 0 bridgehead atoms. The lowest BCUT2D eigenvalue weighted by atomic mass is 9.32. The second-order valence-corrected chi connectivity index (χ2v) is 18.6. The van der Waals surface area contributed by atoms with E-state index in [1.54, 1.807) is 14.1 Å².